The molecule has 148 valence electrons. The van der Waals surface area contributed by atoms with Gasteiger partial charge in [-0.2, -0.15) is 0 Å². The third-order valence-electron chi connectivity index (χ3n) is 4.95. The average Bonchev–Trinajstić information content (AvgIpc) is 3.33. The van der Waals surface area contributed by atoms with E-state index in [9.17, 15) is 9.90 Å². The van der Waals surface area contributed by atoms with Crippen LogP contribution in [0.3, 0.4) is 0 Å². The van der Waals surface area contributed by atoms with Gasteiger partial charge in [-0.05, 0) is 36.1 Å². The van der Waals surface area contributed by atoms with Crippen molar-refractivity contribution in [2.75, 3.05) is 20.1 Å². The number of thiophene rings is 1. The number of unbranched alkanes of at least 4 members (excludes halogenated alkanes) is 1. The summed E-state index contributed by atoms with van der Waals surface area (Å²) in [5.41, 5.74) is 2.08. The number of aliphatic hydroxyl groups excluding tert-OH is 1. The fourth-order valence-electron chi connectivity index (χ4n) is 3.50. The van der Waals surface area contributed by atoms with Crippen LogP contribution in [0, 0.1) is 0 Å². The topological polar surface area (TPSA) is 46.7 Å². The van der Waals surface area contributed by atoms with E-state index in [1.54, 1.807) is 6.08 Å². The second-order valence-corrected chi connectivity index (χ2v) is 8.30. The van der Waals surface area contributed by atoms with Crippen LogP contribution in [0.4, 0.5) is 0 Å². The highest BCUT2D eigenvalue weighted by atomic mass is 32.1. The summed E-state index contributed by atoms with van der Waals surface area (Å²) in [6.07, 6.45) is 7.50. The summed E-state index contributed by atoms with van der Waals surface area (Å²) in [5.74, 6) is 0.0213. The lowest BCUT2D eigenvalue weighted by Crippen LogP contribution is -3.10. The maximum Gasteiger partial charge on any atom is 0.195 e. The number of allylic oxidation sites excluding steroid dienone is 1. The molecule has 2 aromatic heterocycles. The van der Waals surface area contributed by atoms with Gasteiger partial charge in [0, 0.05) is 22.7 Å². The fraction of sp³-hybridized carbons (Fsp3) is 0.348. The highest BCUT2D eigenvalue weighted by Gasteiger charge is 2.14. The molecule has 2 atom stereocenters. The zero-order valence-electron chi connectivity index (χ0n) is 16.6. The minimum absolute atomic E-state index is 0.0213. The molecule has 2 heterocycles. The Balaban J connectivity index is 1.76. The van der Waals surface area contributed by atoms with E-state index >= 15 is 0 Å². The predicted molar refractivity (Wildman–Crippen MR) is 117 cm³/mol. The predicted octanol–water partition coefficient (Wildman–Crippen LogP) is 3.27. The normalized spacial score (nSPS) is 14.0. The number of ketones is 1. The van der Waals surface area contributed by atoms with Crippen LogP contribution in [0.25, 0.3) is 17.0 Å². The molecule has 0 radical (unpaired) electrons. The van der Waals surface area contributed by atoms with E-state index in [2.05, 4.69) is 30.7 Å². The van der Waals surface area contributed by atoms with Crippen molar-refractivity contribution >= 4 is 34.1 Å². The number of fused-ring (bicyclic) bond motifs is 1. The molecule has 3 rings (SSSR count). The Morgan fingerprint density at radius 3 is 2.86 bits per heavy atom. The van der Waals surface area contributed by atoms with E-state index in [-0.39, 0.29) is 5.78 Å². The molecular weight excluding hydrogens is 368 g/mol. The van der Waals surface area contributed by atoms with Gasteiger partial charge in [-0.15, -0.1) is 11.3 Å². The number of quaternary nitrogens is 1. The lowest BCUT2D eigenvalue weighted by molar-refractivity contribution is -0.883. The van der Waals surface area contributed by atoms with Crippen LogP contribution in [0.15, 0.2) is 54.1 Å². The Morgan fingerprint density at radius 2 is 2.11 bits per heavy atom. The number of aromatic nitrogens is 1. The van der Waals surface area contributed by atoms with Gasteiger partial charge in [0.05, 0.1) is 25.0 Å². The van der Waals surface area contributed by atoms with E-state index < -0.39 is 6.10 Å². The van der Waals surface area contributed by atoms with Crippen molar-refractivity contribution in [2.24, 2.45) is 0 Å². The first kappa shape index (κ1) is 20.5. The third kappa shape index (κ3) is 5.19. The van der Waals surface area contributed by atoms with Crippen LogP contribution >= 0.6 is 11.3 Å². The smallest absolute Gasteiger partial charge is 0.195 e. The molecule has 4 nitrogen and oxygen atoms in total. The van der Waals surface area contributed by atoms with Gasteiger partial charge < -0.3 is 14.6 Å². The molecule has 0 amide bonds. The first-order chi connectivity index (χ1) is 13.6. The Hall–Kier alpha value is -2.21. The molecule has 3 aromatic rings. The quantitative estimate of drug-likeness (QED) is 0.407. The molecule has 0 aliphatic heterocycles. The van der Waals surface area contributed by atoms with Gasteiger partial charge in [0.2, 0.25) is 0 Å². The Morgan fingerprint density at radius 1 is 1.29 bits per heavy atom. The second kappa shape index (κ2) is 9.82. The Labute approximate surface area is 170 Å². The van der Waals surface area contributed by atoms with Crippen LogP contribution < -0.4 is 4.90 Å². The molecule has 0 aliphatic rings. The number of nitrogens with one attached hydrogen (secondary N) is 1. The lowest BCUT2D eigenvalue weighted by Gasteiger charge is -2.18. The van der Waals surface area contributed by atoms with E-state index in [4.69, 9.17) is 0 Å². The van der Waals surface area contributed by atoms with Gasteiger partial charge in [-0.1, -0.05) is 37.6 Å². The van der Waals surface area contributed by atoms with Crippen molar-refractivity contribution in [1.29, 1.82) is 0 Å². The van der Waals surface area contributed by atoms with Crippen LogP contribution in [-0.4, -0.2) is 41.7 Å². The van der Waals surface area contributed by atoms with Gasteiger partial charge in [0.1, 0.15) is 12.6 Å². The van der Waals surface area contributed by atoms with Crippen molar-refractivity contribution < 1.29 is 14.8 Å². The molecule has 0 saturated heterocycles. The number of carbonyl (C=O) groups excluding carboxylic acids is 1. The first-order valence-corrected chi connectivity index (χ1v) is 10.8. The molecule has 5 heteroatoms. The number of aliphatic hydroxyl groups is 1. The summed E-state index contributed by atoms with van der Waals surface area (Å²) in [5, 5.41) is 13.6. The third-order valence-corrected chi connectivity index (χ3v) is 5.83. The van der Waals surface area contributed by atoms with Crippen LogP contribution in [0.5, 0.6) is 0 Å². The van der Waals surface area contributed by atoms with Crippen molar-refractivity contribution in [3.8, 4) is 0 Å². The van der Waals surface area contributed by atoms with Crippen molar-refractivity contribution in [1.82, 2.24) is 4.57 Å². The highest BCUT2D eigenvalue weighted by molar-refractivity contribution is 7.12. The number of carbonyl (C=O) groups is 1. The van der Waals surface area contributed by atoms with E-state index in [0.717, 1.165) is 34.4 Å². The van der Waals surface area contributed by atoms with E-state index in [0.29, 0.717) is 6.54 Å². The lowest BCUT2D eigenvalue weighted by atomic mass is 10.1. The minimum atomic E-state index is -0.405. The standard InChI is InChI=1S/C23H28N2O2S/c1-3-4-13-24(2)16-19(26)17-25-15-18(20-8-5-6-9-21(20)25)11-12-22(27)23-10-7-14-28-23/h5-12,14-15,19,26H,3-4,13,16-17H2,1-2H3/p+1/b12-11+/t19-/m1/s1. The van der Waals surface area contributed by atoms with Crippen LogP contribution in [0.2, 0.25) is 0 Å². The highest BCUT2D eigenvalue weighted by Crippen LogP contribution is 2.23. The Kier molecular flexibility index (Phi) is 7.20. The summed E-state index contributed by atoms with van der Waals surface area (Å²) >= 11 is 1.45. The van der Waals surface area contributed by atoms with Crippen molar-refractivity contribution in [3.63, 3.8) is 0 Å². The van der Waals surface area contributed by atoms with Crippen LogP contribution in [-0.2, 0) is 6.54 Å². The monoisotopic (exact) mass is 397 g/mol. The summed E-state index contributed by atoms with van der Waals surface area (Å²) in [6.45, 7) is 4.55. The van der Waals surface area contributed by atoms with Gasteiger partial charge >= 0.3 is 0 Å². The number of benzene rings is 1. The molecule has 2 N–H and O–H groups in total. The number of para-hydroxylation sites is 1. The molecule has 0 aliphatic carbocycles. The van der Waals surface area contributed by atoms with Gasteiger partial charge in [0.15, 0.2) is 5.78 Å². The number of likely N-dealkylation sites (N-methyl/N-ethyl adjacent to an activating group) is 1. The molecule has 1 aromatic carbocycles. The zero-order valence-corrected chi connectivity index (χ0v) is 17.4. The summed E-state index contributed by atoms with van der Waals surface area (Å²) in [4.78, 5) is 14.4. The van der Waals surface area contributed by atoms with E-state index in [1.165, 1.54) is 29.1 Å². The minimum Gasteiger partial charge on any atom is -0.385 e. The Bertz CT molecular complexity index is 927. The average molecular weight is 398 g/mol. The van der Waals surface area contributed by atoms with E-state index in [1.807, 2.05) is 41.9 Å². The van der Waals surface area contributed by atoms with Crippen molar-refractivity contribution in [2.45, 2.75) is 32.4 Å². The van der Waals surface area contributed by atoms with Gasteiger partial charge in [0.25, 0.3) is 0 Å². The number of nitrogens with zero attached hydrogens (tertiary/aromatic N) is 1. The molecule has 28 heavy (non-hydrogen) atoms. The fourth-order valence-corrected chi connectivity index (χ4v) is 4.14. The second-order valence-electron chi connectivity index (χ2n) is 7.35. The number of hydrogen-bond donors (Lipinski definition) is 2. The SMILES string of the molecule is CCCC[NH+](C)C[C@@H](O)Cn1cc(/C=C/C(=O)c2cccs2)c2ccccc21. The number of hydrogen-bond acceptors (Lipinski definition) is 3. The summed E-state index contributed by atoms with van der Waals surface area (Å²) in [6, 6.07) is 11.9. The zero-order chi connectivity index (χ0) is 19.9. The molecule has 1 unspecified atom stereocenters. The molecule has 0 bridgehead atoms. The van der Waals surface area contributed by atoms with Crippen LogP contribution in [0.1, 0.15) is 35.0 Å². The molecule has 0 spiro atoms. The largest absolute Gasteiger partial charge is 0.385 e. The summed E-state index contributed by atoms with van der Waals surface area (Å²) in [7, 11) is 2.14. The van der Waals surface area contributed by atoms with Gasteiger partial charge in [-0.3, -0.25) is 4.79 Å². The molecule has 0 fully saturated rings. The maximum atomic E-state index is 12.3. The maximum absolute atomic E-state index is 12.3. The van der Waals surface area contributed by atoms with Gasteiger partial charge in [-0.25, -0.2) is 0 Å². The summed E-state index contributed by atoms with van der Waals surface area (Å²) < 4.78 is 2.10. The molecule has 0 saturated carbocycles. The van der Waals surface area contributed by atoms with Crippen molar-refractivity contribution in [3.05, 3.63) is 64.5 Å². The first-order valence-electron chi connectivity index (χ1n) is 9.91. The number of rotatable bonds is 10. The molecular formula is C23H29N2O2S+.